The van der Waals surface area contributed by atoms with Gasteiger partial charge >= 0.3 is 0 Å². The van der Waals surface area contributed by atoms with Gasteiger partial charge in [0.1, 0.15) is 17.4 Å². The van der Waals surface area contributed by atoms with E-state index in [2.05, 4.69) is 30.9 Å². The highest BCUT2D eigenvalue weighted by Crippen LogP contribution is 2.26. The fourth-order valence-corrected chi connectivity index (χ4v) is 1.74. The van der Waals surface area contributed by atoms with Crippen LogP contribution in [0.3, 0.4) is 0 Å². The Morgan fingerprint density at radius 1 is 1.16 bits per heavy atom. The van der Waals surface area contributed by atoms with Gasteiger partial charge in [0, 0.05) is 22.2 Å². The van der Waals surface area contributed by atoms with Crippen LogP contribution in [0.15, 0.2) is 29.0 Å². The fourth-order valence-electron chi connectivity index (χ4n) is 1.40. The molecule has 0 saturated carbocycles. The third-order valence-corrected chi connectivity index (χ3v) is 2.73. The Bertz CT molecular complexity index is 595. The average Bonchev–Trinajstić information content (AvgIpc) is 2.26. The van der Waals surface area contributed by atoms with Crippen molar-refractivity contribution in [2.75, 3.05) is 5.73 Å². The Kier molecular flexibility index (Phi) is 3.71. The van der Waals surface area contributed by atoms with Crippen LogP contribution < -0.4 is 10.5 Å². The molecule has 2 aromatic heterocycles. The fraction of sp³-hybridized carbons (Fsp3) is 0.308. The molecule has 0 aliphatic carbocycles. The van der Waals surface area contributed by atoms with Crippen LogP contribution in [-0.4, -0.2) is 15.0 Å². The zero-order chi connectivity index (χ0) is 14.0. The largest absolute Gasteiger partial charge is 0.437 e. The van der Waals surface area contributed by atoms with E-state index < -0.39 is 0 Å². The molecule has 0 atom stereocenters. The van der Waals surface area contributed by atoms with Gasteiger partial charge in [-0.2, -0.15) is 4.98 Å². The summed E-state index contributed by atoms with van der Waals surface area (Å²) in [5.41, 5.74) is 5.59. The Morgan fingerprint density at radius 2 is 1.89 bits per heavy atom. The molecule has 0 amide bonds. The van der Waals surface area contributed by atoms with Gasteiger partial charge in [-0.1, -0.05) is 20.8 Å². The molecule has 5 nitrogen and oxygen atoms in total. The lowest BCUT2D eigenvalue weighted by Crippen LogP contribution is -2.17. The summed E-state index contributed by atoms with van der Waals surface area (Å²) in [5, 5.41) is 0. The van der Waals surface area contributed by atoms with Crippen LogP contribution in [0.25, 0.3) is 0 Å². The first kappa shape index (κ1) is 13.7. The lowest BCUT2D eigenvalue weighted by atomic mass is 9.96. The molecular formula is C13H15BrN4O. The standard InChI is InChI=1S/C13H15BrN4O/c1-13(2,3)12-17-10(15)5-11(18-12)19-9-4-8(14)6-16-7-9/h4-7H,1-3H3,(H2,15,17,18). The summed E-state index contributed by atoms with van der Waals surface area (Å²) in [7, 11) is 0. The van der Waals surface area contributed by atoms with Gasteiger partial charge in [0.25, 0.3) is 0 Å². The molecule has 0 spiro atoms. The summed E-state index contributed by atoms with van der Waals surface area (Å²) < 4.78 is 6.49. The van der Waals surface area contributed by atoms with Crippen LogP contribution in [0, 0.1) is 0 Å². The van der Waals surface area contributed by atoms with Crippen LogP contribution in [-0.2, 0) is 5.41 Å². The van der Waals surface area contributed by atoms with Crippen LogP contribution in [0.4, 0.5) is 5.82 Å². The van der Waals surface area contributed by atoms with Gasteiger partial charge in [-0.15, -0.1) is 0 Å². The summed E-state index contributed by atoms with van der Waals surface area (Å²) in [6, 6.07) is 3.40. The van der Waals surface area contributed by atoms with Crippen molar-refractivity contribution in [2.45, 2.75) is 26.2 Å². The lowest BCUT2D eigenvalue weighted by molar-refractivity contribution is 0.444. The molecule has 0 saturated heterocycles. The van der Waals surface area contributed by atoms with Crippen LogP contribution >= 0.6 is 15.9 Å². The lowest BCUT2D eigenvalue weighted by Gasteiger charge is -2.17. The number of hydrogen-bond donors (Lipinski definition) is 1. The summed E-state index contributed by atoms with van der Waals surface area (Å²) in [4.78, 5) is 12.6. The highest BCUT2D eigenvalue weighted by Gasteiger charge is 2.19. The maximum atomic E-state index is 5.78. The van der Waals surface area contributed by atoms with Gasteiger partial charge in [-0.3, -0.25) is 4.98 Å². The number of halogens is 1. The second-order valence-corrected chi connectivity index (χ2v) is 6.06. The zero-order valence-electron chi connectivity index (χ0n) is 11.0. The smallest absolute Gasteiger partial charge is 0.224 e. The Balaban J connectivity index is 2.33. The number of nitrogens with zero attached hydrogens (tertiary/aromatic N) is 3. The maximum Gasteiger partial charge on any atom is 0.224 e. The van der Waals surface area contributed by atoms with E-state index in [0.29, 0.717) is 23.3 Å². The molecule has 2 heterocycles. The Hall–Kier alpha value is -1.69. The molecule has 2 N–H and O–H groups in total. The van der Waals surface area contributed by atoms with Crippen LogP contribution in [0.5, 0.6) is 11.6 Å². The number of nitrogen functional groups attached to an aromatic ring is 1. The molecule has 0 aliphatic rings. The molecule has 6 heteroatoms. The van der Waals surface area contributed by atoms with E-state index in [1.54, 1.807) is 18.5 Å². The van der Waals surface area contributed by atoms with E-state index in [1.165, 1.54) is 0 Å². The van der Waals surface area contributed by atoms with E-state index in [4.69, 9.17) is 10.5 Å². The van der Waals surface area contributed by atoms with Crippen molar-refractivity contribution in [1.29, 1.82) is 0 Å². The van der Waals surface area contributed by atoms with Gasteiger partial charge < -0.3 is 10.5 Å². The number of rotatable bonds is 2. The molecule has 19 heavy (non-hydrogen) atoms. The highest BCUT2D eigenvalue weighted by molar-refractivity contribution is 9.10. The van der Waals surface area contributed by atoms with E-state index >= 15 is 0 Å². The second kappa shape index (κ2) is 5.13. The predicted octanol–water partition coefficient (Wildman–Crippen LogP) is 3.31. The third kappa shape index (κ3) is 3.64. The molecule has 0 radical (unpaired) electrons. The molecule has 2 rings (SSSR count). The number of nitrogens with two attached hydrogens (primary N) is 1. The first-order valence-electron chi connectivity index (χ1n) is 5.78. The first-order valence-corrected chi connectivity index (χ1v) is 6.57. The summed E-state index contributed by atoms with van der Waals surface area (Å²) in [5.74, 6) is 2.04. The molecule has 0 fully saturated rings. The maximum absolute atomic E-state index is 5.78. The first-order chi connectivity index (χ1) is 8.84. The number of hydrogen-bond acceptors (Lipinski definition) is 5. The second-order valence-electron chi connectivity index (χ2n) is 5.15. The van der Waals surface area contributed by atoms with Crippen molar-refractivity contribution in [3.05, 3.63) is 34.8 Å². The number of ether oxygens (including phenoxy) is 1. The molecule has 2 aromatic rings. The van der Waals surface area contributed by atoms with Crippen molar-refractivity contribution in [1.82, 2.24) is 15.0 Å². The molecule has 100 valence electrons. The van der Waals surface area contributed by atoms with Crippen molar-refractivity contribution in [3.63, 3.8) is 0 Å². The van der Waals surface area contributed by atoms with Crippen molar-refractivity contribution in [3.8, 4) is 11.6 Å². The van der Waals surface area contributed by atoms with E-state index in [-0.39, 0.29) is 5.41 Å². The predicted molar refractivity (Wildman–Crippen MR) is 77.2 cm³/mol. The molecule has 0 bridgehead atoms. The quantitative estimate of drug-likeness (QED) is 0.918. The van der Waals surface area contributed by atoms with Crippen molar-refractivity contribution in [2.24, 2.45) is 0 Å². The van der Waals surface area contributed by atoms with Crippen molar-refractivity contribution < 1.29 is 4.74 Å². The zero-order valence-corrected chi connectivity index (χ0v) is 12.6. The van der Waals surface area contributed by atoms with Crippen LogP contribution in [0.1, 0.15) is 26.6 Å². The van der Waals surface area contributed by atoms with Gasteiger partial charge in [0.05, 0.1) is 6.20 Å². The van der Waals surface area contributed by atoms with Gasteiger partial charge in [0.15, 0.2) is 0 Å². The Labute approximate surface area is 120 Å². The SMILES string of the molecule is CC(C)(C)c1nc(N)cc(Oc2cncc(Br)c2)n1. The van der Waals surface area contributed by atoms with Gasteiger partial charge in [-0.25, -0.2) is 4.98 Å². The van der Waals surface area contributed by atoms with E-state index in [0.717, 1.165) is 4.47 Å². The molecule has 0 aliphatic heterocycles. The summed E-state index contributed by atoms with van der Waals surface area (Å²) in [6.45, 7) is 6.06. The normalized spacial score (nSPS) is 11.4. The van der Waals surface area contributed by atoms with Crippen molar-refractivity contribution >= 4 is 21.7 Å². The van der Waals surface area contributed by atoms with Crippen LogP contribution in [0.2, 0.25) is 0 Å². The van der Waals surface area contributed by atoms with Gasteiger partial charge in [-0.05, 0) is 22.0 Å². The van der Waals surface area contributed by atoms with Gasteiger partial charge in [0.2, 0.25) is 5.88 Å². The highest BCUT2D eigenvalue weighted by atomic mass is 79.9. The average molecular weight is 323 g/mol. The van der Waals surface area contributed by atoms with E-state index in [9.17, 15) is 0 Å². The summed E-state index contributed by atoms with van der Waals surface area (Å²) >= 11 is 3.34. The Morgan fingerprint density at radius 3 is 2.53 bits per heavy atom. The summed E-state index contributed by atoms with van der Waals surface area (Å²) in [6.07, 6.45) is 3.29. The minimum absolute atomic E-state index is 0.191. The van der Waals surface area contributed by atoms with E-state index in [1.807, 2.05) is 26.8 Å². The third-order valence-electron chi connectivity index (χ3n) is 2.30. The molecular weight excluding hydrogens is 308 g/mol. The number of aromatic nitrogens is 3. The minimum atomic E-state index is -0.191. The monoisotopic (exact) mass is 322 g/mol. The molecule has 0 aromatic carbocycles. The number of pyridine rings is 1. The topological polar surface area (TPSA) is 73.9 Å². The molecule has 0 unspecified atom stereocenters. The number of anilines is 1. The minimum Gasteiger partial charge on any atom is -0.437 e.